The fourth-order valence-corrected chi connectivity index (χ4v) is 2.63. The summed E-state index contributed by atoms with van der Waals surface area (Å²) < 4.78 is 10.8. The van der Waals surface area contributed by atoms with Crippen LogP contribution in [0.3, 0.4) is 0 Å². The number of carbonyl (C=O) groups is 1. The summed E-state index contributed by atoms with van der Waals surface area (Å²) in [6.07, 6.45) is 3.84. The maximum absolute atomic E-state index is 11.8. The van der Waals surface area contributed by atoms with E-state index < -0.39 is 0 Å². The lowest BCUT2D eigenvalue weighted by atomic mass is 10.2. The summed E-state index contributed by atoms with van der Waals surface area (Å²) in [5.41, 5.74) is 0.794. The lowest BCUT2D eigenvalue weighted by molar-refractivity contribution is -0.120. The first-order chi connectivity index (χ1) is 10.7. The van der Waals surface area contributed by atoms with E-state index in [0.717, 1.165) is 31.6 Å². The second-order valence-electron chi connectivity index (χ2n) is 5.30. The lowest BCUT2D eigenvalue weighted by Crippen LogP contribution is -2.28. The number of amides is 1. The molecule has 0 unspecified atom stereocenters. The maximum atomic E-state index is 11.8. The van der Waals surface area contributed by atoms with Gasteiger partial charge in [-0.25, -0.2) is 0 Å². The molecule has 0 aliphatic carbocycles. The molecule has 1 atom stereocenters. The normalized spacial score (nSPS) is 17.3. The van der Waals surface area contributed by atoms with Gasteiger partial charge in [0.1, 0.15) is 5.75 Å². The van der Waals surface area contributed by atoms with Crippen LogP contribution in [0, 0.1) is 0 Å². The second kappa shape index (κ2) is 8.86. The highest BCUT2D eigenvalue weighted by atomic mass is 35.5. The lowest BCUT2D eigenvalue weighted by Gasteiger charge is -2.12. The van der Waals surface area contributed by atoms with Crippen LogP contribution >= 0.6 is 11.6 Å². The van der Waals surface area contributed by atoms with Crippen LogP contribution in [0.5, 0.6) is 5.75 Å². The van der Waals surface area contributed by atoms with Gasteiger partial charge in [0.2, 0.25) is 5.91 Å². The van der Waals surface area contributed by atoms with Crippen molar-refractivity contribution in [3.05, 3.63) is 23.2 Å². The van der Waals surface area contributed by atoms with Crippen molar-refractivity contribution in [1.82, 2.24) is 5.32 Å². The number of methoxy groups -OCH3 is 1. The molecule has 0 spiro atoms. The van der Waals surface area contributed by atoms with Crippen LogP contribution in [0.4, 0.5) is 5.69 Å². The van der Waals surface area contributed by atoms with Crippen molar-refractivity contribution in [2.75, 3.05) is 32.1 Å². The third kappa shape index (κ3) is 5.39. The Morgan fingerprint density at radius 1 is 1.45 bits per heavy atom. The maximum Gasteiger partial charge on any atom is 0.221 e. The molecule has 1 aliphatic heterocycles. The Bertz CT molecular complexity index is 490. The van der Waals surface area contributed by atoms with Crippen LogP contribution < -0.4 is 15.4 Å². The zero-order chi connectivity index (χ0) is 15.8. The minimum absolute atomic E-state index is 0.0338. The van der Waals surface area contributed by atoms with Gasteiger partial charge < -0.3 is 20.1 Å². The van der Waals surface area contributed by atoms with Crippen LogP contribution in [-0.2, 0) is 9.53 Å². The zero-order valence-corrected chi connectivity index (χ0v) is 13.6. The molecule has 5 nitrogen and oxygen atoms in total. The van der Waals surface area contributed by atoms with Gasteiger partial charge in [0.15, 0.2) is 0 Å². The van der Waals surface area contributed by atoms with Gasteiger partial charge in [0, 0.05) is 31.1 Å². The molecule has 6 heteroatoms. The number of ether oxygens (including phenoxy) is 2. The van der Waals surface area contributed by atoms with Crippen molar-refractivity contribution in [2.24, 2.45) is 0 Å². The van der Waals surface area contributed by atoms with E-state index in [1.54, 1.807) is 25.3 Å². The third-order valence-electron chi connectivity index (χ3n) is 3.64. The number of rotatable bonds is 8. The van der Waals surface area contributed by atoms with Gasteiger partial charge in [0.05, 0.1) is 18.9 Å². The van der Waals surface area contributed by atoms with Crippen LogP contribution in [-0.4, -0.2) is 38.8 Å². The first kappa shape index (κ1) is 16.9. The molecule has 1 saturated heterocycles. The van der Waals surface area contributed by atoms with Crippen LogP contribution in [0.15, 0.2) is 18.2 Å². The Balaban J connectivity index is 1.65. The average molecular weight is 327 g/mol. The number of nitrogens with one attached hydrogen (secondary N) is 2. The monoisotopic (exact) mass is 326 g/mol. The summed E-state index contributed by atoms with van der Waals surface area (Å²) in [6.45, 7) is 2.05. The number of benzene rings is 1. The predicted octanol–water partition coefficient (Wildman–Crippen LogP) is 2.84. The molecule has 1 aromatic rings. The topological polar surface area (TPSA) is 59.6 Å². The first-order valence-electron chi connectivity index (χ1n) is 7.65. The van der Waals surface area contributed by atoms with E-state index in [0.29, 0.717) is 36.4 Å². The van der Waals surface area contributed by atoms with E-state index in [1.165, 1.54) is 0 Å². The SMILES string of the molecule is COc1ccc(Cl)cc1NCCC(=O)NCC[C@H]1CCCO1. The number of hydrogen-bond donors (Lipinski definition) is 2. The van der Waals surface area contributed by atoms with Gasteiger partial charge in [-0.05, 0) is 37.5 Å². The van der Waals surface area contributed by atoms with Gasteiger partial charge in [-0.2, -0.15) is 0 Å². The van der Waals surface area contributed by atoms with Gasteiger partial charge in [-0.15, -0.1) is 0 Å². The van der Waals surface area contributed by atoms with E-state index in [9.17, 15) is 4.79 Å². The minimum atomic E-state index is 0.0338. The van der Waals surface area contributed by atoms with Gasteiger partial charge >= 0.3 is 0 Å². The Morgan fingerprint density at radius 2 is 2.32 bits per heavy atom. The largest absolute Gasteiger partial charge is 0.495 e. The van der Waals surface area contributed by atoms with Crippen molar-refractivity contribution in [1.29, 1.82) is 0 Å². The Morgan fingerprint density at radius 3 is 3.05 bits per heavy atom. The highest BCUT2D eigenvalue weighted by Gasteiger charge is 2.15. The molecule has 1 amide bonds. The molecular weight excluding hydrogens is 304 g/mol. The number of hydrogen-bond acceptors (Lipinski definition) is 4. The van der Waals surface area contributed by atoms with E-state index in [-0.39, 0.29) is 5.91 Å². The standard InChI is InChI=1S/C16H23ClN2O3/c1-21-15-5-4-12(17)11-14(15)18-9-7-16(20)19-8-6-13-3-2-10-22-13/h4-5,11,13,18H,2-3,6-10H2,1H3,(H,19,20)/t13-/m1/s1. The molecule has 0 bridgehead atoms. The van der Waals surface area contributed by atoms with E-state index in [2.05, 4.69) is 10.6 Å². The fraction of sp³-hybridized carbons (Fsp3) is 0.562. The molecule has 1 aliphatic rings. The van der Waals surface area contributed by atoms with E-state index >= 15 is 0 Å². The van der Waals surface area contributed by atoms with Gasteiger partial charge in [0.25, 0.3) is 0 Å². The van der Waals surface area contributed by atoms with Crippen LogP contribution in [0.2, 0.25) is 5.02 Å². The van der Waals surface area contributed by atoms with Crippen molar-refractivity contribution in [2.45, 2.75) is 31.8 Å². The van der Waals surface area contributed by atoms with E-state index in [1.807, 2.05) is 0 Å². The number of halogens is 1. The third-order valence-corrected chi connectivity index (χ3v) is 3.88. The molecule has 0 aromatic heterocycles. The molecule has 2 rings (SSSR count). The van der Waals surface area contributed by atoms with Crippen molar-refractivity contribution >= 4 is 23.2 Å². The Hall–Kier alpha value is -1.46. The molecule has 0 saturated carbocycles. The van der Waals surface area contributed by atoms with Crippen LogP contribution in [0.1, 0.15) is 25.7 Å². The quantitative estimate of drug-likeness (QED) is 0.771. The van der Waals surface area contributed by atoms with E-state index in [4.69, 9.17) is 21.1 Å². The Labute approximate surface area is 136 Å². The molecule has 2 N–H and O–H groups in total. The predicted molar refractivity (Wildman–Crippen MR) is 87.7 cm³/mol. The molecule has 1 aromatic carbocycles. The van der Waals surface area contributed by atoms with Crippen molar-refractivity contribution in [3.8, 4) is 5.75 Å². The summed E-state index contributed by atoms with van der Waals surface area (Å²) in [4.78, 5) is 11.8. The van der Waals surface area contributed by atoms with Crippen LogP contribution in [0.25, 0.3) is 0 Å². The highest BCUT2D eigenvalue weighted by molar-refractivity contribution is 6.30. The average Bonchev–Trinajstić information content (AvgIpc) is 3.01. The first-order valence-corrected chi connectivity index (χ1v) is 8.02. The molecule has 122 valence electrons. The molecule has 22 heavy (non-hydrogen) atoms. The second-order valence-corrected chi connectivity index (χ2v) is 5.73. The number of anilines is 1. The smallest absolute Gasteiger partial charge is 0.221 e. The van der Waals surface area contributed by atoms with Crippen molar-refractivity contribution in [3.63, 3.8) is 0 Å². The molecule has 1 fully saturated rings. The molecule has 1 heterocycles. The highest BCUT2D eigenvalue weighted by Crippen LogP contribution is 2.27. The summed E-state index contributed by atoms with van der Waals surface area (Å²) in [5, 5.41) is 6.72. The summed E-state index contributed by atoms with van der Waals surface area (Å²) >= 11 is 5.96. The number of carbonyl (C=O) groups excluding carboxylic acids is 1. The fourth-order valence-electron chi connectivity index (χ4n) is 2.46. The van der Waals surface area contributed by atoms with Gasteiger partial charge in [-0.1, -0.05) is 11.6 Å². The summed E-state index contributed by atoms with van der Waals surface area (Å²) in [5.74, 6) is 0.745. The minimum Gasteiger partial charge on any atom is -0.495 e. The Kier molecular flexibility index (Phi) is 6.80. The van der Waals surface area contributed by atoms with Gasteiger partial charge in [-0.3, -0.25) is 4.79 Å². The molecule has 0 radical (unpaired) electrons. The zero-order valence-electron chi connectivity index (χ0n) is 12.9. The summed E-state index contributed by atoms with van der Waals surface area (Å²) in [7, 11) is 1.60. The van der Waals surface area contributed by atoms with Crippen molar-refractivity contribution < 1.29 is 14.3 Å². The molecular formula is C16H23ClN2O3. The summed E-state index contributed by atoms with van der Waals surface area (Å²) in [6, 6.07) is 5.35.